The SMILES string of the molecule is CC1(C)CC(CC(=O)NN)(c2ccccc2)CCO1.Cl. The minimum atomic E-state index is -0.219. The van der Waals surface area contributed by atoms with Crippen LogP contribution in [-0.4, -0.2) is 18.1 Å². The molecule has 1 heterocycles. The Balaban J connectivity index is 0.00000200. The zero-order valence-corrected chi connectivity index (χ0v) is 12.8. The van der Waals surface area contributed by atoms with E-state index in [4.69, 9.17) is 10.6 Å². The smallest absolute Gasteiger partial charge is 0.234 e. The highest BCUT2D eigenvalue weighted by Gasteiger charge is 2.43. The average molecular weight is 299 g/mol. The summed E-state index contributed by atoms with van der Waals surface area (Å²) in [6.07, 6.45) is 2.06. The fourth-order valence-corrected chi connectivity index (χ4v) is 3.13. The van der Waals surface area contributed by atoms with Crippen molar-refractivity contribution in [1.82, 2.24) is 5.43 Å². The predicted molar refractivity (Wildman–Crippen MR) is 81.6 cm³/mol. The maximum absolute atomic E-state index is 11.8. The van der Waals surface area contributed by atoms with Crippen molar-refractivity contribution in [2.75, 3.05) is 6.61 Å². The lowest BCUT2D eigenvalue weighted by molar-refractivity contribution is -0.126. The van der Waals surface area contributed by atoms with Crippen molar-refractivity contribution in [2.24, 2.45) is 5.84 Å². The highest BCUT2D eigenvalue weighted by Crippen LogP contribution is 2.43. The highest BCUT2D eigenvalue weighted by atomic mass is 35.5. The van der Waals surface area contributed by atoms with E-state index in [2.05, 4.69) is 31.4 Å². The Morgan fingerprint density at radius 2 is 2.00 bits per heavy atom. The van der Waals surface area contributed by atoms with E-state index in [1.54, 1.807) is 0 Å². The van der Waals surface area contributed by atoms with Crippen molar-refractivity contribution in [3.8, 4) is 0 Å². The molecule has 3 N–H and O–H groups in total. The van der Waals surface area contributed by atoms with Gasteiger partial charge in [0.15, 0.2) is 0 Å². The summed E-state index contributed by atoms with van der Waals surface area (Å²) in [4.78, 5) is 11.8. The Labute approximate surface area is 126 Å². The molecule has 0 saturated carbocycles. The van der Waals surface area contributed by atoms with Gasteiger partial charge in [0.1, 0.15) is 0 Å². The molecule has 1 atom stereocenters. The van der Waals surface area contributed by atoms with Crippen molar-refractivity contribution < 1.29 is 9.53 Å². The van der Waals surface area contributed by atoms with Crippen LogP contribution in [0.15, 0.2) is 30.3 Å². The maximum Gasteiger partial charge on any atom is 0.234 e. The Morgan fingerprint density at radius 3 is 2.55 bits per heavy atom. The first-order valence-electron chi connectivity index (χ1n) is 6.66. The number of rotatable bonds is 3. The predicted octanol–water partition coefficient (Wildman–Crippen LogP) is 2.32. The monoisotopic (exact) mass is 298 g/mol. The van der Waals surface area contributed by atoms with Crippen LogP contribution in [-0.2, 0) is 14.9 Å². The summed E-state index contributed by atoms with van der Waals surface area (Å²) in [5.41, 5.74) is 3.04. The lowest BCUT2D eigenvalue weighted by Gasteiger charge is -2.45. The average Bonchev–Trinajstić information content (AvgIpc) is 2.38. The summed E-state index contributed by atoms with van der Waals surface area (Å²) in [5.74, 6) is 5.14. The molecule has 112 valence electrons. The number of nitrogens with one attached hydrogen (secondary N) is 1. The zero-order chi connectivity index (χ0) is 13.9. The quantitative estimate of drug-likeness (QED) is 0.511. The molecule has 1 amide bonds. The highest BCUT2D eigenvalue weighted by molar-refractivity contribution is 5.85. The maximum atomic E-state index is 11.8. The van der Waals surface area contributed by atoms with Crippen LogP contribution in [0.4, 0.5) is 0 Å². The Morgan fingerprint density at radius 1 is 1.35 bits per heavy atom. The normalized spacial score (nSPS) is 24.6. The third-order valence-corrected chi connectivity index (χ3v) is 3.88. The van der Waals surface area contributed by atoms with Gasteiger partial charge in [-0.2, -0.15) is 0 Å². The van der Waals surface area contributed by atoms with Gasteiger partial charge in [0.05, 0.1) is 5.60 Å². The second kappa shape index (κ2) is 6.57. The summed E-state index contributed by atoms with van der Waals surface area (Å²) in [6.45, 7) is 4.81. The Bertz CT molecular complexity index is 450. The van der Waals surface area contributed by atoms with Gasteiger partial charge in [-0.1, -0.05) is 30.3 Å². The number of halogens is 1. The molecule has 1 saturated heterocycles. The molecule has 1 aromatic rings. The van der Waals surface area contributed by atoms with Crippen LogP contribution >= 0.6 is 12.4 Å². The molecule has 1 aromatic carbocycles. The molecule has 20 heavy (non-hydrogen) atoms. The molecule has 5 heteroatoms. The van der Waals surface area contributed by atoms with E-state index in [-0.39, 0.29) is 29.3 Å². The largest absolute Gasteiger partial charge is 0.376 e. The van der Waals surface area contributed by atoms with E-state index in [1.807, 2.05) is 18.2 Å². The van der Waals surface area contributed by atoms with Crippen LogP contribution in [0, 0.1) is 0 Å². The van der Waals surface area contributed by atoms with Crippen molar-refractivity contribution in [2.45, 2.75) is 44.1 Å². The number of ether oxygens (including phenoxy) is 1. The van der Waals surface area contributed by atoms with Crippen LogP contribution in [0.1, 0.15) is 38.7 Å². The van der Waals surface area contributed by atoms with E-state index >= 15 is 0 Å². The summed E-state index contributed by atoms with van der Waals surface area (Å²) >= 11 is 0. The number of nitrogens with two attached hydrogens (primary N) is 1. The van der Waals surface area contributed by atoms with Crippen molar-refractivity contribution in [3.63, 3.8) is 0 Å². The first-order chi connectivity index (χ1) is 8.97. The first kappa shape index (κ1) is 17.0. The van der Waals surface area contributed by atoms with Gasteiger partial charge >= 0.3 is 0 Å². The molecule has 0 bridgehead atoms. The van der Waals surface area contributed by atoms with Gasteiger partial charge in [0.2, 0.25) is 5.91 Å². The van der Waals surface area contributed by atoms with Crippen LogP contribution in [0.5, 0.6) is 0 Å². The molecule has 0 aliphatic carbocycles. The van der Waals surface area contributed by atoms with Gasteiger partial charge in [-0.15, -0.1) is 12.4 Å². The number of carbonyl (C=O) groups excluding carboxylic acids is 1. The lowest BCUT2D eigenvalue weighted by atomic mass is 9.67. The first-order valence-corrected chi connectivity index (χ1v) is 6.66. The third-order valence-electron chi connectivity index (χ3n) is 3.88. The van der Waals surface area contributed by atoms with Gasteiger partial charge in [0, 0.05) is 18.4 Å². The molecule has 4 nitrogen and oxygen atoms in total. The number of hydrogen-bond acceptors (Lipinski definition) is 3. The van der Waals surface area contributed by atoms with E-state index in [0.717, 1.165) is 12.8 Å². The van der Waals surface area contributed by atoms with E-state index in [1.165, 1.54) is 5.56 Å². The number of amides is 1. The van der Waals surface area contributed by atoms with Crippen LogP contribution in [0.3, 0.4) is 0 Å². The molecular weight excluding hydrogens is 276 g/mol. The molecule has 1 unspecified atom stereocenters. The summed E-state index contributed by atoms with van der Waals surface area (Å²) in [6, 6.07) is 10.2. The number of carbonyl (C=O) groups is 1. The van der Waals surface area contributed by atoms with E-state index in [9.17, 15) is 4.79 Å². The second-order valence-corrected chi connectivity index (χ2v) is 5.93. The van der Waals surface area contributed by atoms with Crippen molar-refractivity contribution in [1.29, 1.82) is 0 Å². The van der Waals surface area contributed by atoms with E-state index < -0.39 is 0 Å². The van der Waals surface area contributed by atoms with Gasteiger partial charge in [-0.05, 0) is 32.3 Å². The number of hydrazine groups is 1. The van der Waals surface area contributed by atoms with Crippen molar-refractivity contribution in [3.05, 3.63) is 35.9 Å². The molecule has 1 aliphatic rings. The molecule has 0 spiro atoms. The van der Waals surface area contributed by atoms with Gasteiger partial charge in [-0.25, -0.2) is 5.84 Å². The molecule has 0 aromatic heterocycles. The number of hydrogen-bond donors (Lipinski definition) is 2. The molecular formula is C15H23ClN2O2. The second-order valence-electron chi connectivity index (χ2n) is 5.93. The molecule has 1 aliphatic heterocycles. The summed E-state index contributed by atoms with van der Waals surface area (Å²) < 4.78 is 5.79. The standard InChI is InChI=1S/C15H22N2O2.ClH/c1-14(2)11-15(8-9-19-14,10-13(18)17-16)12-6-4-3-5-7-12;/h3-7H,8-11,16H2,1-2H3,(H,17,18);1H. The van der Waals surface area contributed by atoms with Crippen LogP contribution in [0.2, 0.25) is 0 Å². The Kier molecular flexibility index (Phi) is 5.57. The third kappa shape index (κ3) is 3.72. The Hall–Kier alpha value is -1.10. The minimum absolute atomic E-state index is 0. The summed E-state index contributed by atoms with van der Waals surface area (Å²) in [7, 11) is 0. The minimum Gasteiger partial charge on any atom is -0.376 e. The zero-order valence-electron chi connectivity index (χ0n) is 12.0. The topological polar surface area (TPSA) is 64.4 Å². The lowest BCUT2D eigenvalue weighted by Crippen LogP contribution is -2.47. The molecule has 1 fully saturated rings. The van der Waals surface area contributed by atoms with Gasteiger partial charge < -0.3 is 4.74 Å². The summed E-state index contributed by atoms with van der Waals surface area (Å²) in [5, 5.41) is 0. The molecule has 2 rings (SSSR count). The van der Waals surface area contributed by atoms with Crippen LogP contribution in [0.25, 0.3) is 0 Å². The van der Waals surface area contributed by atoms with Crippen molar-refractivity contribution >= 4 is 18.3 Å². The van der Waals surface area contributed by atoms with Gasteiger partial charge in [-0.3, -0.25) is 10.2 Å². The fourth-order valence-electron chi connectivity index (χ4n) is 3.13. The fraction of sp³-hybridized carbons (Fsp3) is 0.533. The van der Waals surface area contributed by atoms with Gasteiger partial charge in [0.25, 0.3) is 0 Å². The number of benzene rings is 1. The molecule has 0 radical (unpaired) electrons. The van der Waals surface area contributed by atoms with E-state index in [0.29, 0.717) is 13.0 Å². The van der Waals surface area contributed by atoms with Crippen LogP contribution < -0.4 is 11.3 Å².